The third kappa shape index (κ3) is 5.79. The van der Waals surface area contributed by atoms with Crippen LogP contribution in [-0.4, -0.2) is 89.6 Å². The third-order valence-corrected chi connectivity index (χ3v) is 9.96. The van der Waals surface area contributed by atoms with E-state index in [9.17, 15) is 0 Å². The van der Waals surface area contributed by atoms with Crippen LogP contribution in [0, 0.1) is 0 Å². The van der Waals surface area contributed by atoms with Crippen LogP contribution in [0.25, 0.3) is 0 Å². The average molecular weight is 396 g/mol. The van der Waals surface area contributed by atoms with Gasteiger partial charge in [0.2, 0.25) is 0 Å². The van der Waals surface area contributed by atoms with Crippen LogP contribution in [0.3, 0.4) is 0 Å². The van der Waals surface area contributed by atoms with Gasteiger partial charge in [-0.05, 0) is 19.8 Å². The lowest BCUT2D eigenvalue weighted by atomic mass is 10.1. The van der Waals surface area contributed by atoms with Crippen LogP contribution in [0.4, 0.5) is 0 Å². The molecule has 0 N–H and O–H groups in total. The lowest BCUT2D eigenvalue weighted by molar-refractivity contribution is -0.112. The second-order valence-corrected chi connectivity index (χ2v) is 11.8. The summed E-state index contributed by atoms with van der Waals surface area (Å²) < 4.78 is 40.1. The Balaban J connectivity index is 1.89. The average Bonchev–Trinajstić information content (AvgIpc) is 2.58. The molecule has 0 aliphatic carbocycles. The topological polar surface area (TPSA) is 67.9 Å². The lowest BCUT2D eigenvalue weighted by Gasteiger charge is -2.42. The van der Waals surface area contributed by atoms with Crippen molar-refractivity contribution in [2.75, 3.05) is 54.7 Å². The number of nitrogens with zero attached hydrogens (tertiary/aromatic N) is 1. The Hall–Kier alpha value is 0.114. The molecular formula is C15H33NO7Si2. The van der Waals surface area contributed by atoms with Crippen LogP contribution < -0.4 is 0 Å². The molecule has 2 bridgehead atoms. The molecule has 10 heteroatoms. The predicted molar refractivity (Wildman–Crippen MR) is 96.0 cm³/mol. The SMILES string of the molecule is CO[Si](CCCCC1CN2CCO[Si](OC)(OC(C)C2)O1)(OC)OC. The summed E-state index contributed by atoms with van der Waals surface area (Å²) in [5.74, 6) is 0. The van der Waals surface area contributed by atoms with Crippen molar-refractivity contribution in [3.8, 4) is 0 Å². The molecule has 3 aliphatic heterocycles. The minimum absolute atomic E-state index is 0.0446. The molecule has 3 rings (SSSR count). The number of rotatable bonds is 9. The second-order valence-electron chi connectivity index (χ2n) is 6.52. The van der Waals surface area contributed by atoms with Gasteiger partial charge < -0.3 is 31.0 Å². The highest BCUT2D eigenvalue weighted by atomic mass is 28.4. The first kappa shape index (κ1) is 21.4. The zero-order valence-electron chi connectivity index (χ0n) is 16.1. The third-order valence-electron chi connectivity index (χ3n) is 4.76. The Morgan fingerprint density at radius 3 is 2.40 bits per heavy atom. The molecule has 4 atom stereocenters. The van der Waals surface area contributed by atoms with Crippen LogP contribution in [-0.2, 0) is 31.0 Å². The smallest absolute Gasteiger partial charge is 0.377 e. The number of hydrogen-bond acceptors (Lipinski definition) is 8. The number of unbranched alkanes of at least 4 members (excludes halogenated alkanes) is 1. The molecule has 0 spiro atoms. The van der Waals surface area contributed by atoms with Gasteiger partial charge in [0, 0.05) is 54.1 Å². The molecule has 3 heterocycles. The Morgan fingerprint density at radius 2 is 1.76 bits per heavy atom. The van der Waals surface area contributed by atoms with Gasteiger partial charge in [-0.1, -0.05) is 6.42 Å². The van der Waals surface area contributed by atoms with Gasteiger partial charge in [0.25, 0.3) is 0 Å². The van der Waals surface area contributed by atoms with Crippen molar-refractivity contribution < 1.29 is 31.0 Å². The van der Waals surface area contributed by atoms with Crippen LogP contribution >= 0.6 is 0 Å². The first-order valence-electron chi connectivity index (χ1n) is 8.93. The van der Waals surface area contributed by atoms with Crippen LogP contribution in [0.15, 0.2) is 0 Å². The summed E-state index contributed by atoms with van der Waals surface area (Å²) in [5.41, 5.74) is 0. The fourth-order valence-corrected chi connectivity index (χ4v) is 7.21. The summed E-state index contributed by atoms with van der Waals surface area (Å²) in [7, 11) is 1.03. The lowest BCUT2D eigenvalue weighted by Crippen LogP contribution is -2.61. The zero-order valence-corrected chi connectivity index (χ0v) is 18.1. The van der Waals surface area contributed by atoms with E-state index >= 15 is 0 Å². The highest BCUT2D eigenvalue weighted by molar-refractivity contribution is 6.60. The molecule has 4 unspecified atom stereocenters. The maximum Gasteiger partial charge on any atom is 0.680 e. The summed E-state index contributed by atoms with van der Waals surface area (Å²) in [6.07, 6.45) is 2.96. The van der Waals surface area contributed by atoms with Crippen LogP contribution in [0.5, 0.6) is 0 Å². The number of fused-ring (bicyclic) bond motifs is 6. The molecule has 0 aromatic heterocycles. The highest BCUT2D eigenvalue weighted by Gasteiger charge is 2.51. The van der Waals surface area contributed by atoms with E-state index in [-0.39, 0.29) is 12.2 Å². The molecule has 0 aromatic carbocycles. The normalized spacial score (nSPS) is 33.7. The maximum absolute atomic E-state index is 6.23. The fraction of sp³-hybridized carbons (Fsp3) is 1.00. The molecule has 3 fully saturated rings. The van der Waals surface area contributed by atoms with Crippen LogP contribution in [0.2, 0.25) is 6.04 Å². The van der Waals surface area contributed by atoms with Gasteiger partial charge in [-0.2, -0.15) is 0 Å². The van der Waals surface area contributed by atoms with E-state index in [1.54, 1.807) is 28.4 Å². The minimum Gasteiger partial charge on any atom is -0.377 e. The predicted octanol–water partition coefficient (Wildman–Crippen LogP) is 1.25. The van der Waals surface area contributed by atoms with Crippen molar-refractivity contribution in [3.63, 3.8) is 0 Å². The van der Waals surface area contributed by atoms with E-state index in [0.717, 1.165) is 44.9 Å². The zero-order chi connectivity index (χ0) is 18.3. The summed E-state index contributed by atoms with van der Waals surface area (Å²) in [5, 5.41) is 0. The summed E-state index contributed by atoms with van der Waals surface area (Å²) in [4.78, 5) is 2.35. The first-order chi connectivity index (χ1) is 12.0. The Labute approximate surface area is 153 Å². The van der Waals surface area contributed by atoms with Crippen molar-refractivity contribution in [2.24, 2.45) is 0 Å². The minimum atomic E-state index is -3.04. The van der Waals surface area contributed by atoms with E-state index < -0.39 is 17.9 Å². The quantitative estimate of drug-likeness (QED) is 0.427. The monoisotopic (exact) mass is 395 g/mol. The molecule has 25 heavy (non-hydrogen) atoms. The largest absolute Gasteiger partial charge is 0.680 e. The molecular weight excluding hydrogens is 362 g/mol. The van der Waals surface area contributed by atoms with Gasteiger partial charge in [0.1, 0.15) is 0 Å². The van der Waals surface area contributed by atoms with Gasteiger partial charge in [-0.25, -0.2) is 0 Å². The van der Waals surface area contributed by atoms with Gasteiger partial charge in [-0.3, -0.25) is 4.90 Å². The highest BCUT2D eigenvalue weighted by Crippen LogP contribution is 2.25. The van der Waals surface area contributed by atoms with Crippen molar-refractivity contribution in [2.45, 2.75) is 44.4 Å². The molecule has 3 saturated heterocycles. The van der Waals surface area contributed by atoms with E-state index in [2.05, 4.69) is 4.90 Å². The maximum atomic E-state index is 6.23. The molecule has 0 saturated carbocycles. The van der Waals surface area contributed by atoms with Crippen molar-refractivity contribution in [3.05, 3.63) is 0 Å². The van der Waals surface area contributed by atoms with E-state index in [4.69, 9.17) is 31.0 Å². The Morgan fingerprint density at radius 1 is 1.04 bits per heavy atom. The molecule has 148 valence electrons. The Bertz CT molecular complexity index is 394. The van der Waals surface area contributed by atoms with E-state index in [1.165, 1.54) is 0 Å². The van der Waals surface area contributed by atoms with Gasteiger partial charge in [0.15, 0.2) is 0 Å². The first-order valence-corrected chi connectivity index (χ1v) is 12.5. The fourth-order valence-electron chi connectivity index (χ4n) is 3.40. The van der Waals surface area contributed by atoms with Crippen molar-refractivity contribution in [1.82, 2.24) is 4.90 Å². The summed E-state index contributed by atoms with van der Waals surface area (Å²) in [6, 6.07) is 0.795. The summed E-state index contributed by atoms with van der Waals surface area (Å²) in [6.45, 7) is 5.28. The Kier molecular flexibility index (Phi) is 8.46. The second kappa shape index (κ2) is 9.88. The molecule has 0 radical (unpaired) electrons. The molecule has 3 aliphatic rings. The summed E-state index contributed by atoms with van der Waals surface area (Å²) >= 11 is 0. The van der Waals surface area contributed by atoms with E-state index in [0.29, 0.717) is 6.61 Å². The van der Waals surface area contributed by atoms with E-state index in [1.807, 2.05) is 6.92 Å². The van der Waals surface area contributed by atoms with Crippen LogP contribution in [0.1, 0.15) is 26.2 Å². The number of hydrogen-bond donors (Lipinski definition) is 0. The molecule has 0 aromatic rings. The molecule has 0 amide bonds. The molecule has 8 nitrogen and oxygen atoms in total. The van der Waals surface area contributed by atoms with Gasteiger partial charge in [-0.15, -0.1) is 0 Å². The standard InChI is InChI=1S/C15H33NO7Si2/c1-14-12-16-9-10-21-25(20-5,22-14)23-15(13-16)8-6-7-11-24(17-2,18-3)19-4/h14-15H,6-13H2,1-5H3. The van der Waals surface area contributed by atoms with Crippen molar-refractivity contribution >= 4 is 17.9 Å². The van der Waals surface area contributed by atoms with Crippen molar-refractivity contribution in [1.29, 1.82) is 0 Å². The van der Waals surface area contributed by atoms with Gasteiger partial charge >= 0.3 is 17.9 Å². The van der Waals surface area contributed by atoms with Gasteiger partial charge in [0.05, 0.1) is 18.8 Å².